The van der Waals surface area contributed by atoms with Crippen molar-refractivity contribution in [1.29, 1.82) is 0 Å². The predicted molar refractivity (Wildman–Crippen MR) is 75.7 cm³/mol. The summed E-state index contributed by atoms with van der Waals surface area (Å²) in [5.41, 5.74) is 2.46. The van der Waals surface area contributed by atoms with Crippen molar-refractivity contribution >= 4 is 0 Å². The fourth-order valence-corrected chi connectivity index (χ4v) is 3.75. The summed E-state index contributed by atoms with van der Waals surface area (Å²) in [7, 11) is 0. The van der Waals surface area contributed by atoms with E-state index in [1.165, 1.54) is 43.2 Å². The molecule has 3 nitrogen and oxygen atoms in total. The average molecular weight is 261 g/mol. The Morgan fingerprint density at radius 2 is 1.74 bits per heavy atom. The molecule has 3 rings (SSSR count). The van der Waals surface area contributed by atoms with Crippen molar-refractivity contribution in [1.82, 2.24) is 5.32 Å². The third-order valence-electron chi connectivity index (χ3n) is 4.79. The van der Waals surface area contributed by atoms with Crippen LogP contribution < -0.4 is 5.32 Å². The van der Waals surface area contributed by atoms with E-state index in [0.717, 1.165) is 25.4 Å². The van der Waals surface area contributed by atoms with E-state index in [9.17, 15) is 10.2 Å². The van der Waals surface area contributed by atoms with Gasteiger partial charge in [-0.15, -0.1) is 0 Å². The van der Waals surface area contributed by atoms with Gasteiger partial charge in [-0.1, -0.05) is 19.3 Å². The number of aromatic hydroxyl groups is 2. The molecule has 1 atom stereocenters. The minimum absolute atomic E-state index is 0.0167. The second-order valence-electron chi connectivity index (χ2n) is 6.00. The van der Waals surface area contributed by atoms with E-state index in [1.54, 1.807) is 12.1 Å². The Morgan fingerprint density at radius 3 is 2.53 bits per heavy atom. The topological polar surface area (TPSA) is 52.5 Å². The van der Waals surface area contributed by atoms with E-state index in [1.807, 2.05) is 0 Å². The molecule has 19 heavy (non-hydrogen) atoms. The number of phenols is 2. The van der Waals surface area contributed by atoms with Crippen molar-refractivity contribution in [3.63, 3.8) is 0 Å². The van der Waals surface area contributed by atoms with Crippen LogP contribution in [0.25, 0.3) is 0 Å². The summed E-state index contributed by atoms with van der Waals surface area (Å²) in [5.74, 6) is 1.26. The number of hydrogen-bond acceptors (Lipinski definition) is 3. The summed E-state index contributed by atoms with van der Waals surface area (Å²) in [6.45, 7) is 1.96. The fourth-order valence-electron chi connectivity index (χ4n) is 3.75. The molecule has 1 aromatic rings. The van der Waals surface area contributed by atoms with Gasteiger partial charge in [0.05, 0.1) is 0 Å². The number of fused-ring (bicyclic) bond motifs is 1. The third kappa shape index (κ3) is 2.57. The molecule has 0 bridgehead atoms. The Hall–Kier alpha value is -1.22. The first-order valence-corrected chi connectivity index (χ1v) is 7.51. The molecule has 3 heteroatoms. The normalized spacial score (nSPS) is 24.7. The Bertz CT molecular complexity index is 452. The average Bonchev–Trinajstić information content (AvgIpc) is 2.63. The maximum atomic E-state index is 9.81. The lowest BCUT2D eigenvalue weighted by atomic mass is 9.75. The molecular formula is C16H23NO2. The number of nitrogens with one attached hydrogen (secondary N) is 1. The molecular weight excluding hydrogens is 238 g/mol. The van der Waals surface area contributed by atoms with E-state index in [2.05, 4.69) is 5.32 Å². The summed E-state index contributed by atoms with van der Waals surface area (Å²) in [4.78, 5) is 0. The molecule has 0 aromatic heterocycles. The van der Waals surface area contributed by atoms with E-state index in [-0.39, 0.29) is 11.5 Å². The first-order chi connectivity index (χ1) is 9.25. The third-order valence-corrected chi connectivity index (χ3v) is 4.79. The first kappa shape index (κ1) is 12.8. The zero-order valence-electron chi connectivity index (χ0n) is 11.4. The standard InChI is InChI=1S/C16H23NO2/c18-15-8-12-6-7-17-10-14(13(12)9-16(15)19)11-4-2-1-3-5-11/h8-9,11,14,17-19H,1-7,10H2/t14-/m1/s1. The molecule has 104 valence electrons. The van der Waals surface area contributed by atoms with Crippen molar-refractivity contribution in [2.45, 2.75) is 44.4 Å². The molecule has 1 fully saturated rings. The van der Waals surface area contributed by atoms with Crippen molar-refractivity contribution in [2.75, 3.05) is 13.1 Å². The maximum Gasteiger partial charge on any atom is 0.157 e. The van der Waals surface area contributed by atoms with E-state index in [0.29, 0.717) is 5.92 Å². The van der Waals surface area contributed by atoms with Crippen LogP contribution in [0.15, 0.2) is 12.1 Å². The smallest absolute Gasteiger partial charge is 0.157 e. The van der Waals surface area contributed by atoms with Crippen molar-refractivity contribution in [2.24, 2.45) is 5.92 Å². The molecule has 3 N–H and O–H groups in total. The second-order valence-corrected chi connectivity index (χ2v) is 6.00. The predicted octanol–water partition coefficient (Wildman–Crippen LogP) is 2.91. The van der Waals surface area contributed by atoms with Crippen LogP contribution in [-0.2, 0) is 6.42 Å². The zero-order chi connectivity index (χ0) is 13.2. The summed E-state index contributed by atoms with van der Waals surface area (Å²) in [6, 6.07) is 3.56. The highest BCUT2D eigenvalue weighted by Crippen LogP contribution is 2.41. The van der Waals surface area contributed by atoms with Crippen LogP contribution in [-0.4, -0.2) is 23.3 Å². The van der Waals surface area contributed by atoms with Gasteiger partial charge in [-0.05, 0) is 60.9 Å². The number of rotatable bonds is 1. The van der Waals surface area contributed by atoms with Gasteiger partial charge in [-0.2, -0.15) is 0 Å². The van der Waals surface area contributed by atoms with Crippen LogP contribution in [0.3, 0.4) is 0 Å². The molecule has 0 unspecified atom stereocenters. The molecule has 0 amide bonds. The van der Waals surface area contributed by atoms with Crippen LogP contribution in [0.2, 0.25) is 0 Å². The number of phenolic OH excluding ortho intramolecular Hbond substituents is 2. The molecule has 1 aliphatic heterocycles. The minimum atomic E-state index is 0.0167. The molecule has 1 aliphatic carbocycles. The van der Waals surface area contributed by atoms with Gasteiger partial charge in [0.2, 0.25) is 0 Å². The Balaban J connectivity index is 1.95. The molecule has 0 radical (unpaired) electrons. The van der Waals surface area contributed by atoms with Gasteiger partial charge in [0.15, 0.2) is 11.5 Å². The highest BCUT2D eigenvalue weighted by Gasteiger charge is 2.28. The molecule has 1 saturated carbocycles. The van der Waals surface area contributed by atoms with Crippen LogP contribution in [0.1, 0.15) is 49.1 Å². The Morgan fingerprint density at radius 1 is 1.00 bits per heavy atom. The van der Waals surface area contributed by atoms with Gasteiger partial charge in [0, 0.05) is 6.54 Å². The van der Waals surface area contributed by atoms with E-state index in [4.69, 9.17) is 0 Å². The first-order valence-electron chi connectivity index (χ1n) is 7.51. The SMILES string of the molecule is Oc1cc2c(cc1O)[C@@H](C1CCCCC1)CNCC2. The largest absolute Gasteiger partial charge is 0.504 e. The lowest BCUT2D eigenvalue weighted by Crippen LogP contribution is -2.26. The van der Waals surface area contributed by atoms with Crippen LogP contribution in [0.5, 0.6) is 11.5 Å². The van der Waals surface area contributed by atoms with Gasteiger partial charge >= 0.3 is 0 Å². The lowest BCUT2D eigenvalue weighted by molar-refractivity contribution is 0.299. The summed E-state index contributed by atoms with van der Waals surface area (Å²) >= 11 is 0. The number of benzene rings is 1. The molecule has 1 heterocycles. The maximum absolute atomic E-state index is 9.81. The summed E-state index contributed by atoms with van der Waals surface area (Å²) in [5, 5.41) is 23.0. The van der Waals surface area contributed by atoms with Crippen molar-refractivity contribution < 1.29 is 10.2 Å². The fraction of sp³-hybridized carbons (Fsp3) is 0.625. The monoisotopic (exact) mass is 261 g/mol. The van der Waals surface area contributed by atoms with E-state index >= 15 is 0 Å². The van der Waals surface area contributed by atoms with Crippen LogP contribution in [0, 0.1) is 5.92 Å². The second kappa shape index (κ2) is 5.41. The van der Waals surface area contributed by atoms with Crippen molar-refractivity contribution in [3.05, 3.63) is 23.3 Å². The minimum Gasteiger partial charge on any atom is -0.504 e. The molecule has 0 spiro atoms. The zero-order valence-corrected chi connectivity index (χ0v) is 11.4. The Labute approximate surface area is 114 Å². The van der Waals surface area contributed by atoms with Gasteiger partial charge in [-0.3, -0.25) is 0 Å². The molecule has 1 aromatic carbocycles. The highest BCUT2D eigenvalue weighted by molar-refractivity contribution is 5.47. The van der Waals surface area contributed by atoms with Crippen LogP contribution in [0.4, 0.5) is 0 Å². The summed E-state index contributed by atoms with van der Waals surface area (Å²) < 4.78 is 0. The van der Waals surface area contributed by atoms with Gasteiger partial charge in [0.25, 0.3) is 0 Å². The van der Waals surface area contributed by atoms with Crippen LogP contribution >= 0.6 is 0 Å². The number of hydrogen-bond donors (Lipinski definition) is 3. The van der Waals surface area contributed by atoms with Gasteiger partial charge in [0.1, 0.15) is 0 Å². The Kier molecular flexibility index (Phi) is 3.65. The molecule has 2 aliphatic rings. The van der Waals surface area contributed by atoms with Crippen molar-refractivity contribution in [3.8, 4) is 11.5 Å². The lowest BCUT2D eigenvalue weighted by Gasteiger charge is -2.31. The van der Waals surface area contributed by atoms with Gasteiger partial charge < -0.3 is 15.5 Å². The van der Waals surface area contributed by atoms with Gasteiger partial charge in [-0.25, -0.2) is 0 Å². The quantitative estimate of drug-likeness (QED) is 0.681. The summed E-state index contributed by atoms with van der Waals surface area (Å²) in [6.07, 6.45) is 7.57. The van der Waals surface area contributed by atoms with E-state index < -0.39 is 0 Å². The molecule has 0 saturated heterocycles. The highest BCUT2D eigenvalue weighted by atomic mass is 16.3.